The van der Waals surface area contributed by atoms with Gasteiger partial charge in [0.05, 0.1) is 11.4 Å². The van der Waals surface area contributed by atoms with Gasteiger partial charge < -0.3 is 10.2 Å². The van der Waals surface area contributed by atoms with Crippen LogP contribution in [0.1, 0.15) is 11.1 Å². The Balaban J connectivity index is 1.80. The summed E-state index contributed by atoms with van der Waals surface area (Å²) in [5, 5.41) is 21.1. The Kier molecular flexibility index (Phi) is 3.85. The Bertz CT molecular complexity index is 1220. The molecule has 2 N–H and O–H groups in total. The molecule has 0 unspecified atom stereocenters. The highest BCUT2D eigenvalue weighted by atomic mass is 35.5. The maximum Gasteiger partial charge on any atom is 0.123 e. The fourth-order valence-electron chi connectivity index (χ4n) is 3.81. The van der Waals surface area contributed by atoms with Gasteiger partial charge in [-0.05, 0) is 53.1 Å². The van der Waals surface area contributed by atoms with Crippen LogP contribution in [0.4, 0.5) is 0 Å². The lowest BCUT2D eigenvalue weighted by atomic mass is 9.95. The smallest absolute Gasteiger partial charge is 0.123 e. The SMILES string of the molecule is Oc1ccc2c(c1)-c1nc(-c3ccc(Cl)cc3)cc(-c3ccccc3O)c1C2. The summed E-state index contributed by atoms with van der Waals surface area (Å²) < 4.78 is 0. The van der Waals surface area contributed by atoms with Crippen molar-refractivity contribution in [2.24, 2.45) is 0 Å². The summed E-state index contributed by atoms with van der Waals surface area (Å²) in [7, 11) is 0. The van der Waals surface area contributed by atoms with E-state index in [0.717, 1.165) is 44.8 Å². The van der Waals surface area contributed by atoms with Crippen LogP contribution in [0.5, 0.6) is 11.5 Å². The van der Waals surface area contributed by atoms with Crippen molar-refractivity contribution in [1.82, 2.24) is 4.98 Å². The first-order valence-corrected chi connectivity index (χ1v) is 9.38. The molecule has 4 aromatic rings. The number of fused-ring (bicyclic) bond motifs is 3. The van der Waals surface area contributed by atoms with Gasteiger partial charge >= 0.3 is 0 Å². The minimum atomic E-state index is 0.217. The van der Waals surface area contributed by atoms with Crippen molar-refractivity contribution in [3.8, 4) is 45.1 Å². The lowest BCUT2D eigenvalue weighted by Gasteiger charge is -2.13. The molecule has 28 heavy (non-hydrogen) atoms. The predicted molar refractivity (Wildman–Crippen MR) is 112 cm³/mol. The number of halogens is 1. The summed E-state index contributed by atoms with van der Waals surface area (Å²) >= 11 is 6.04. The molecule has 1 aliphatic carbocycles. The van der Waals surface area contributed by atoms with Crippen LogP contribution in [-0.4, -0.2) is 15.2 Å². The van der Waals surface area contributed by atoms with Crippen molar-refractivity contribution in [2.75, 3.05) is 0 Å². The lowest BCUT2D eigenvalue weighted by Crippen LogP contribution is -1.94. The zero-order valence-electron chi connectivity index (χ0n) is 14.9. The van der Waals surface area contributed by atoms with Crippen LogP contribution in [0, 0.1) is 0 Å². The first-order valence-electron chi connectivity index (χ1n) is 9.00. The second-order valence-electron chi connectivity index (χ2n) is 6.92. The second kappa shape index (κ2) is 6.39. The molecule has 0 aliphatic heterocycles. The molecule has 0 saturated carbocycles. The minimum absolute atomic E-state index is 0.217. The topological polar surface area (TPSA) is 53.4 Å². The third-order valence-corrected chi connectivity index (χ3v) is 5.43. The largest absolute Gasteiger partial charge is 0.508 e. The van der Waals surface area contributed by atoms with E-state index in [2.05, 4.69) is 0 Å². The highest BCUT2D eigenvalue weighted by Gasteiger charge is 2.26. The molecule has 0 fully saturated rings. The van der Waals surface area contributed by atoms with E-state index in [1.807, 2.05) is 54.6 Å². The second-order valence-corrected chi connectivity index (χ2v) is 7.36. The van der Waals surface area contributed by atoms with Crippen molar-refractivity contribution in [2.45, 2.75) is 6.42 Å². The quantitative estimate of drug-likeness (QED) is 0.389. The van der Waals surface area contributed by atoms with E-state index in [1.165, 1.54) is 0 Å². The van der Waals surface area contributed by atoms with Crippen molar-refractivity contribution in [3.63, 3.8) is 0 Å². The van der Waals surface area contributed by atoms with Crippen LogP contribution in [-0.2, 0) is 6.42 Å². The van der Waals surface area contributed by atoms with E-state index < -0.39 is 0 Å². The summed E-state index contributed by atoms with van der Waals surface area (Å²) in [6.07, 6.45) is 0.711. The van der Waals surface area contributed by atoms with Gasteiger partial charge in [0, 0.05) is 28.1 Å². The average Bonchev–Trinajstić information content (AvgIpc) is 3.06. The average molecular weight is 386 g/mol. The van der Waals surface area contributed by atoms with Crippen LogP contribution < -0.4 is 0 Å². The molecule has 0 bridgehead atoms. The number of hydrogen-bond donors (Lipinski definition) is 2. The molecule has 0 saturated heterocycles. The maximum atomic E-state index is 10.5. The van der Waals surface area contributed by atoms with E-state index in [1.54, 1.807) is 18.2 Å². The van der Waals surface area contributed by atoms with Gasteiger partial charge in [-0.3, -0.25) is 0 Å². The predicted octanol–water partition coefficient (Wildman–Crippen LogP) is 6.05. The van der Waals surface area contributed by atoms with E-state index in [9.17, 15) is 10.2 Å². The molecule has 0 atom stereocenters. The Morgan fingerprint density at radius 2 is 1.57 bits per heavy atom. The Morgan fingerprint density at radius 3 is 2.36 bits per heavy atom. The van der Waals surface area contributed by atoms with E-state index in [-0.39, 0.29) is 11.5 Å². The molecular weight excluding hydrogens is 370 g/mol. The number of aromatic nitrogens is 1. The van der Waals surface area contributed by atoms with Gasteiger partial charge in [0.1, 0.15) is 11.5 Å². The van der Waals surface area contributed by atoms with Crippen LogP contribution in [0.3, 0.4) is 0 Å². The van der Waals surface area contributed by atoms with E-state index in [0.29, 0.717) is 11.4 Å². The van der Waals surface area contributed by atoms with Crippen LogP contribution in [0.25, 0.3) is 33.6 Å². The molecular formula is C24H16ClNO2. The third-order valence-electron chi connectivity index (χ3n) is 5.17. The summed E-state index contributed by atoms with van der Waals surface area (Å²) in [6.45, 7) is 0. The first kappa shape index (κ1) is 16.8. The fraction of sp³-hybridized carbons (Fsp3) is 0.0417. The molecule has 1 aliphatic rings. The van der Waals surface area contributed by atoms with Gasteiger partial charge in [-0.1, -0.05) is 48.0 Å². The standard InChI is InChI=1S/C24H16ClNO2/c25-16-8-5-14(6-9-16)22-13-20(18-3-1-2-4-23(18)28)21-11-15-7-10-17(27)12-19(15)24(21)26-22/h1-10,12-13,27-28H,11H2. The highest BCUT2D eigenvalue weighted by molar-refractivity contribution is 6.30. The molecule has 136 valence electrons. The first-order chi connectivity index (χ1) is 13.6. The Hall–Kier alpha value is -3.30. The number of aromatic hydroxyl groups is 2. The van der Waals surface area contributed by atoms with Gasteiger partial charge in [0.15, 0.2) is 0 Å². The summed E-state index contributed by atoms with van der Waals surface area (Å²) in [6, 6.07) is 22.3. The number of phenols is 2. The number of hydrogen-bond acceptors (Lipinski definition) is 3. The van der Waals surface area contributed by atoms with Gasteiger partial charge in [0.25, 0.3) is 0 Å². The number of rotatable bonds is 2. The van der Waals surface area contributed by atoms with Gasteiger partial charge in [-0.15, -0.1) is 0 Å². The minimum Gasteiger partial charge on any atom is -0.508 e. The van der Waals surface area contributed by atoms with Crippen molar-refractivity contribution in [3.05, 3.63) is 88.9 Å². The van der Waals surface area contributed by atoms with Gasteiger partial charge in [-0.2, -0.15) is 0 Å². The van der Waals surface area contributed by atoms with Gasteiger partial charge in [-0.25, -0.2) is 4.98 Å². The highest BCUT2D eigenvalue weighted by Crippen LogP contribution is 2.45. The Morgan fingerprint density at radius 1 is 0.786 bits per heavy atom. The Labute approximate surface area is 167 Å². The van der Waals surface area contributed by atoms with E-state index in [4.69, 9.17) is 16.6 Å². The maximum absolute atomic E-state index is 10.5. The molecule has 0 spiro atoms. The third kappa shape index (κ3) is 2.72. The molecule has 3 nitrogen and oxygen atoms in total. The van der Waals surface area contributed by atoms with Crippen molar-refractivity contribution < 1.29 is 10.2 Å². The summed E-state index contributed by atoms with van der Waals surface area (Å²) in [4.78, 5) is 4.92. The summed E-state index contributed by atoms with van der Waals surface area (Å²) in [5.74, 6) is 0.450. The molecule has 3 aromatic carbocycles. The zero-order chi connectivity index (χ0) is 19.3. The molecule has 1 aromatic heterocycles. The molecule has 1 heterocycles. The normalized spacial score (nSPS) is 11.9. The molecule has 0 radical (unpaired) electrons. The van der Waals surface area contributed by atoms with E-state index >= 15 is 0 Å². The zero-order valence-corrected chi connectivity index (χ0v) is 15.6. The monoisotopic (exact) mass is 385 g/mol. The van der Waals surface area contributed by atoms with Crippen LogP contribution in [0.2, 0.25) is 5.02 Å². The number of para-hydroxylation sites is 1. The van der Waals surface area contributed by atoms with Crippen LogP contribution in [0.15, 0.2) is 72.8 Å². The fourth-order valence-corrected chi connectivity index (χ4v) is 3.94. The summed E-state index contributed by atoms with van der Waals surface area (Å²) in [5.41, 5.74) is 7.41. The van der Waals surface area contributed by atoms with Crippen LogP contribution >= 0.6 is 11.6 Å². The van der Waals surface area contributed by atoms with Crippen molar-refractivity contribution in [1.29, 1.82) is 0 Å². The molecule has 4 heteroatoms. The number of pyridine rings is 1. The molecule has 0 amide bonds. The number of benzene rings is 3. The number of phenolic OH excluding ortho intramolecular Hbond substituents is 2. The van der Waals surface area contributed by atoms with Gasteiger partial charge in [0.2, 0.25) is 0 Å². The number of nitrogens with zero attached hydrogens (tertiary/aromatic N) is 1. The lowest BCUT2D eigenvalue weighted by molar-refractivity contribution is 0.475. The van der Waals surface area contributed by atoms with Crippen molar-refractivity contribution >= 4 is 11.6 Å². The molecule has 5 rings (SSSR count).